The van der Waals surface area contributed by atoms with Crippen molar-refractivity contribution in [1.29, 1.82) is 0 Å². The smallest absolute Gasteiger partial charge is 0.0405 e. The summed E-state index contributed by atoms with van der Waals surface area (Å²) in [4.78, 5) is 0. The predicted molar refractivity (Wildman–Crippen MR) is 79.8 cm³/mol. The second-order valence-electron chi connectivity index (χ2n) is 5.47. The molecule has 100 valence electrons. The molecule has 1 saturated carbocycles. The molecule has 18 heavy (non-hydrogen) atoms. The molecule has 2 nitrogen and oxygen atoms in total. The summed E-state index contributed by atoms with van der Waals surface area (Å²) in [5, 5.41) is 0. The van der Waals surface area contributed by atoms with Gasteiger partial charge in [0.2, 0.25) is 0 Å². The summed E-state index contributed by atoms with van der Waals surface area (Å²) in [6.07, 6.45) is 8.54. The van der Waals surface area contributed by atoms with E-state index in [9.17, 15) is 0 Å². The minimum atomic E-state index is 0.593. The quantitative estimate of drug-likeness (QED) is 0.791. The van der Waals surface area contributed by atoms with Crippen molar-refractivity contribution < 1.29 is 0 Å². The molecule has 0 aliphatic heterocycles. The zero-order chi connectivity index (χ0) is 13.1. The summed E-state index contributed by atoms with van der Waals surface area (Å²) in [6, 6.07) is 2.17. The van der Waals surface area contributed by atoms with Crippen LogP contribution in [0.4, 0.5) is 11.4 Å². The van der Waals surface area contributed by atoms with Gasteiger partial charge in [-0.25, -0.2) is 0 Å². The van der Waals surface area contributed by atoms with Crippen LogP contribution in [0.3, 0.4) is 0 Å². The minimum Gasteiger partial charge on any atom is -0.398 e. The molecule has 0 bridgehead atoms. The van der Waals surface area contributed by atoms with Crippen LogP contribution < -0.4 is 11.5 Å². The first kappa shape index (κ1) is 13.3. The number of aryl methyl sites for hydroxylation is 1. The first-order chi connectivity index (χ1) is 8.69. The van der Waals surface area contributed by atoms with Crippen LogP contribution in [0, 0.1) is 0 Å². The van der Waals surface area contributed by atoms with Crippen molar-refractivity contribution in [1.82, 2.24) is 0 Å². The van der Waals surface area contributed by atoms with E-state index in [1.807, 2.05) is 0 Å². The second-order valence-corrected chi connectivity index (χ2v) is 5.47. The highest BCUT2D eigenvalue weighted by atomic mass is 14.6. The van der Waals surface area contributed by atoms with Crippen molar-refractivity contribution in [2.24, 2.45) is 0 Å². The van der Waals surface area contributed by atoms with Gasteiger partial charge in [0.1, 0.15) is 0 Å². The summed E-state index contributed by atoms with van der Waals surface area (Å²) in [5.74, 6) is 0.593. The molecule has 1 aromatic carbocycles. The van der Waals surface area contributed by atoms with Crippen LogP contribution in [0.2, 0.25) is 0 Å². The summed E-state index contributed by atoms with van der Waals surface area (Å²) < 4.78 is 0. The molecule has 1 aromatic rings. The van der Waals surface area contributed by atoms with Gasteiger partial charge in [0, 0.05) is 16.9 Å². The maximum Gasteiger partial charge on any atom is 0.0405 e. The normalized spacial score (nSPS) is 17.0. The van der Waals surface area contributed by atoms with Crippen molar-refractivity contribution >= 4 is 11.4 Å². The molecule has 1 aliphatic rings. The van der Waals surface area contributed by atoms with E-state index < -0.39 is 0 Å². The van der Waals surface area contributed by atoms with Crippen molar-refractivity contribution in [3.05, 3.63) is 22.8 Å². The molecular formula is C16H26N2. The molecule has 2 rings (SSSR count). The fourth-order valence-electron chi connectivity index (χ4n) is 3.42. The lowest BCUT2D eigenvalue weighted by atomic mass is 9.80. The Labute approximate surface area is 111 Å². The molecule has 0 radical (unpaired) electrons. The van der Waals surface area contributed by atoms with Gasteiger partial charge in [-0.1, -0.05) is 33.1 Å². The van der Waals surface area contributed by atoms with Crippen molar-refractivity contribution in [2.75, 3.05) is 11.5 Å². The molecule has 0 saturated heterocycles. The third-order valence-electron chi connectivity index (χ3n) is 4.39. The summed E-state index contributed by atoms with van der Waals surface area (Å²) >= 11 is 0. The largest absolute Gasteiger partial charge is 0.398 e. The molecule has 1 aliphatic carbocycles. The first-order valence-electron chi connectivity index (χ1n) is 7.38. The van der Waals surface area contributed by atoms with E-state index in [-0.39, 0.29) is 0 Å². The Morgan fingerprint density at radius 2 is 1.72 bits per heavy atom. The van der Waals surface area contributed by atoms with Gasteiger partial charge in [-0.05, 0) is 48.8 Å². The van der Waals surface area contributed by atoms with E-state index in [0.29, 0.717) is 5.92 Å². The molecule has 0 spiro atoms. The molecule has 0 aromatic heterocycles. The number of nitrogens with two attached hydrogens (primary N) is 2. The fourth-order valence-corrected chi connectivity index (χ4v) is 3.42. The monoisotopic (exact) mass is 246 g/mol. The number of anilines is 2. The average molecular weight is 246 g/mol. The van der Waals surface area contributed by atoms with Gasteiger partial charge < -0.3 is 11.5 Å². The van der Waals surface area contributed by atoms with Crippen LogP contribution in [0.25, 0.3) is 0 Å². The van der Waals surface area contributed by atoms with Crippen LogP contribution in [-0.2, 0) is 12.8 Å². The minimum absolute atomic E-state index is 0.593. The molecule has 0 unspecified atom stereocenters. The SMILES string of the molecule is CCc1cc(N)c(C2CCCCC2)c(N)c1CC. The molecule has 1 fully saturated rings. The number of hydrogen-bond acceptors (Lipinski definition) is 2. The lowest BCUT2D eigenvalue weighted by Gasteiger charge is -2.27. The third kappa shape index (κ3) is 2.33. The maximum absolute atomic E-state index is 6.42. The molecule has 0 amide bonds. The topological polar surface area (TPSA) is 52.0 Å². The number of rotatable bonds is 3. The van der Waals surface area contributed by atoms with E-state index in [4.69, 9.17) is 11.5 Å². The van der Waals surface area contributed by atoms with Gasteiger partial charge in [-0.3, -0.25) is 0 Å². The van der Waals surface area contributed by atoms with Gasteiger partial charge in [0.25, 0.3) is 0 Å². The second kappa shape index (κ2) is 5.64. The van der Waals surface area contributed by atoms with Gasteiger partial charge >= 0.3 is 0 Å². The number of hydrogen-bond donors (Lipinski definition) is 2. The van der Waals surface area contributed by atoms with Crippen molar-refractivity contribution in [3.8, 4) is 0 Å². The van der Waals surface area contributed by atoms with Crippen molar-refractivity contribution in [2.45, 2.75) is 64.7 Å². The Morgan fingerprint density at radius 3 is 2.28 bits per heavy atom. The van der Waals surface area contributed by atoms with Crippen LogP contribution in [0.15, 0.2) is 6.07 Å². The molecular weight excluding hydrogens is 220 g/mol. The van der Waals surface area contributed by atoms with Gasteiger partial charge in [0.05, 0.1) is 0 Å². The summed E-state index contributed by atoms with van der Waals surface area (Å²) in [5.41, 5.74) is 18.5. The maximum atomic E-state index is 6.42. The fraction of sp³-hybridized carbons (Fsp3) is 0.625. The van der Waals surface area contributed by atoms with Crippen LogP contribution in [-0.4, -0.2) is 0 Å². The molecule has 2 heteroatoms. The Kier molecular flexibility index (Phi) is 4.15. The van der Waals surface area contributed by atoms with Crippen LogP contribution in [0.5, 0.6) is 0 Å². The lowest BCUT2D eigenvalue weighted by molar-refractivity contribution is 0.445. The van der Waals surface area contributed by atoms with Gasteiger partial charge in [-0.2, -0.15) is 0 Å². The Bertz CT molecular complexity index is 418. The van der Waals surface area contributed by atoms with E-state index in [1.54, 1.807) is 0 Å². The Hall–Kier alpha value is -1.18. The Balaban J connectivity index is 2.46. The summed E-state index contributed by atoms with van der Waals surface area (Å²) in [7, 11) is 0. The lowest BCUT2D eigenvalue weighted by Crippen LogP contribution is -2.13. The van der Waals surface area contributed by atoms with Gasteiger partial charge in [0.15, 0.2) is 0 Å². The van der Waals surface area contributed by atoms with Gasteiger partial charge in [-0.15, -0.1) is 0 Å². The highest BCUT2D eigenvalue weighted by Crippen LogP contribution is 2.41. The number of benzene rings is 1. The highest BCUT2D eigenvalue weighted by molar-refractivity contribution is 5.69. The number of nitrogen functional groups attached to an aromatic ring is 2. The van der Waals surface area contributed by atoms with E-state index in [0.717, 1.165) is 24.2 Å². The molecule has 0 atom stereocenters. The first-order valence-corrected chi connectivity index (χ1v) is 7.38. The zero-order valence-electron chi connectivity index (χ0n) is 11.8. The van der Waals surface area contributed by atoms with E-state index in [1.165, 1.54) is 48.8 Å². The third-order valence-corrected chi connectivity index (χ3v) is 4.39. The standard InChI is InChI=1S/C16H26N2/c1-3-11-10-14(17)15(16(18)13(11)4-2)12-8-6-5-7-9-12/h10,12H,3-9,17-18H2,1-2H3. The van der Waals surface area contributed by atoms with E-state index >= 15 is 0 Å². The van der Waals surface area contributed by atoms with Crippen molar-refractivity contribution in [3.63, 3.8) is 0 Å². The highest BCUT2D eigenvalue weighted by Gasteiger charge is 2.22. The zero-order valence-corrected chi connectivity index (χ0v) is 11.8. The molecule has 0 heterocycles. The van der Waals surface area contributed by atoms with Crippen LogP contribution in [0.1, 0.15) is 68.6 Å². The van der Waals surface area contributed by atoms with E-state index in [2.05, 4.69) is 19.9 Å². The molecule has 4 N–H and O–H groups in total. The van der Waals surface area contributed by atoms with Crippen LogP contribution >= 0.6 is 0 Å². The Morgan fingerprint density at radius 1 is 1.06 bits per heavy atom. The summed E-state index contributed by atoms with van der Waals surface area (Å²) in [6.45, 7) is 4.36. The average Bonchev–Trinajstić information content (AvgIpc) is 2.39. The predicted octanol–water partition coefficient (Wildman–Crippen LogP) is 4.02.